The van der Waals surface area contributed by atoms with E-state index < -0.39 is 15.6 Å². The second-order valence-electron chi connectivity index (χ2n) is 6.03. The first-order chi connectivity index (χ1) is 11.8. The number of hydrogen-bond acceptors (Lipinski definition) is 5. The number of aromatic nitrogens is 1. The van der Waals surface area contributed by atoms with Gasteiger partial charge in [-0.05, 0) is 43.7 Å². The molecular formula is C18H18N2O4S. The zero-order chi connectivity index (χ0) is 18.2. The molecule has 0 saturated heterocycles. The van der Waals surface area contributed by atoms with Crippen LogP contribution in [0.1, 0.15) is 31.4 Å². The zero-order valence-electron chi connectivity index (χ0n) is 13.9. The summed E-state index contributed by atoms with van der Waals surface area (Å²) in [6, 6.07) is 9.50. The summed E-state index contributed by atoms with van der Waals surface area (Å²) in [5, 5.41) is 5.13. The summed E-state index contributed by atoms with van der Waals surface area (Å²) >= 11 is 0. The largest absolute Gasteiger partial charge is 0.478 e. The first-order valence-corrected chi connectivity index (χ1v) is 9.32. The molecule has 130 valence electrons. The van der Waals surface area contributed by atoms with Crippen molar-refractivity contribution < 1.29 is 17.9 Å². The number of nitrogens with zero attached hydrogens (tertiary/aromatic N) is 1. The number of carbonyl (C=O) groups excluding carboxylic acids is 1. The van der Waals surface area contributed by atoms with Gasteiger partial charge in [0.05, 0.1) is 10.5 Å². The van der Waals surface area contributed by atoms with Crippen LogP contribution in [0.4, 0.5) is 0 Å². The van der Waals surface area contributed by atoms with Gasteiger partial charge in [0.2, 0.25) is 15.8 Å². The molecule has 2 N–H and O–H groups in total. The molecular weight excluding hydrogens is 340 g/mol. The minimum absolute atomic E-state index is 0.00218. The van der Waals surface area contributed by atoms with Crippen LogP contribution >= 0.6 is 0 Å². The molecule has 1 atom stereocenters. The number of pyridine rings is 1. The van der Waals surface area contributed by atoms with Gasteiger partial charge in [0, 0.05) is 23.5 Å². The van der Waals surface area contributed by atoms with Crippen molar-refractivity contribution in [1.29, 1.82) is 0 Å². The molecule has 2 aromatic rings. The van der Waals surface area contributed by atoms with Gasteiger partial charge in [0.15, 0.2) is 5.60 Å². The van der Waals surface area contributed by atoms with Crippen molar-refractivity contribution in [2.24, 2.45) is 5.14 Å². The maximum absolute atomic E-state index is 12.9. The summed E-state index contributed by atoms with van der Waals surface area (Å²) < 4.78 is 28.9. The standard InChI is InChI=1S/C18H18N2O4S/c1-3-18(2)17(21)15(13-5-4-10-20-11-13)16(24-18)12-6-8-14(9-7-12)25(19,22)23/h4-11H,3H2,1-2H3,(H2,19,22,23). The Kier molecular flexibility index (Phi) is 4.22. The van der Waals surface area contributed by atoms with E-state index in [0.717, 1.165) is 0 Å². The van der Waals surface area contributed by atoms with E-state index in [2.05, 4.69) is 4.98 Å². The lowest BCUT2D eigenvalue weighted by Crippen LogP contribution is -2.32. The van der Waals surface area contributed by atoms with Crippen molar-refractivity contribution in [2.75, 3.05) is 0 Å². The van der Waals surface area contributed by atoms with Gasteiger partial charge in [0.1, 0.15) is 5.76 Å². The number of benzene rings is 1. The van der Waals surface area contributed by atoms with Gasteiger partial charge in [0.25, 0.3) is 0 Å². The van der Waals surface area contributed by atoms with Gasteiger partial charge in [-0.2, -0.15) is 0 Å². The van der Waals surface area contributed by atoms with E-state index >= 15 is 0 Å². The highest BCUT2D eigenvalue weighted by atomic mass is 32.2. The fraction of sp³-hybridized carbons (Fsp3) is 0.222. The smallest absolute Gasteiger partial charge is 0.238 e. The van der Waals surface area contributed by atoms with Crippen molar-refractivity contribution in [3.63, 3.8) is 0 Å². The number of rotatable bonds is 4. The summed E-state index contributed by atoms with van der Waals surface area (Å²) in [7, 11) is -3.78. The average molecular weight is 358 g/mol. The first kappa shape index (κ1) is 17.3. The maximum Gasteiger partial charge on any atom is 0.238 e. The monoisotopic (exact) mass is 358 g/mol. The normalized spacial score (nSPS) is 20.7. The van der Waals surface area contributed by atoms with Gasteiger partial charge in [-0.3, -0.25) is 9.78 Å². The Morgan fingerprint density at radius 1 is 1.16 bits per heavy atom. The molecule has 1 unspecified atom stereocenters. The number of sulfonamides is 1. The summed E-state index contributed by atoms with van der Waals surface area (Å²) in [4.78, 5) is 17.0. The molecule has 1 aromatic carbocycles. The molecule has 1 aliphatic rings. The molecule has 2 heterocycles. The molecule has 0 bridgehead atoms. The molecule has 0 amide bonds. The topological polar surface area (TPSA) is 99.3 Å². The van der Waals surface area contributed by atoms with Gasteiger partial charge < -0.3 is 4.74 Å². The van der Waals surface area contributed by atoms with Crippen LogP contribution in [-0.4, -0.2) is 24.8 Å². The SMILES string of the molecule is CCC1(C)OC(c2ccc(S(N)(=O)=O)cc2)=C(c2cccnc2)C1=O. The highest BCUT2D eigenvalue weighted by Crippen LogP contribution is 2.42. The van der Waals surface area contributed by atoms with Crippen molar-refractivity contribution >= 4 is 27.1 Å². The van der Waals surface area contributed by atoms with E-state index in [4.69, 9.17) is 9.88 Å². The van der Waals surface area contributed by atoms with Crippen LogP contribution < -0.4 is 5.14 Å². The molecule has 0 aliphatic carbocycles. The fourth-order valence-corrected chi connectivity index (χ4v) is 3.21. The Hall–Kier alpha value is -2.51. The van der Waals surface area contributed by atoms with Crippen molar-refractivity contribution in [3.05, 3.63) is 59.9 Å². The quantitative estimate of drug-likeness (QED) is 0.904. The molecule has 1 aliphatic heterocycles. The van der Waals surface area contributed by atoms with Crippen LogP contribution in [0, 0.1) is 0 Å². The molecule has 25 heavy (non-hydrogen) atoms. The maximum atomic E-state index is 12.9. The number of ketones is 1. The fourth-order valence-electron chi connectivity index (χ4n) is 2.69. The van der Waals surface area contributed by atoms with E-state index in [9.17, 15) is 13.2 Å². The summed E-state index contributed by atoms with van der Waals surface area (Å²) in [5.41, 5.74) is 0.756. The predicted octanol–water partition coefficient (Wildman–Crippen LogP) is 2.37. The lowest BCUT2D eigenvalue weighted by atomic mass is 9.90. The lowest BCUT2D eigenvalue weighted by molar-refractivity contribution is -0.126. The van der Waals surface area contributed by atoms with Gasteiger partial charge in [-0.25, -0.2) is 13.6 Å². The number of carbonyl (C=O) groups is 1. The van der Waals surface area contributed by atoms with E-state index in [1.165, 1.54) is 12.1 Å². The number of nitrogens with two attached hydrogens (primary N) is 1. The third-order valence-electron chi connectivity index (χ3n) is 4.33. The highest BCUT2D eigenvalue weighted by molar-refractivity contribution is 7.89. The minimum atomic E-state index is -3.78. The second kappa shape index (κ2) is 6.09. The van der Waals surface area contributed by atoms with Crippen LogP contribution in [0.3, 0.4) is 0 Å². The number of ether oxygens (including phenoxy) is 1. The Bertz CT molecular complexity index is 950. The zero-order valence-corrected chi connectivity index (χ0v) is 14.7. The Balaban J connectivity index is 2.15. The second-order valence-corrected chi connectivity index (χ2v) is 7.59. The van der Waals surface area contributed by atoms with Gasteiger partial charge in [-0.15, -0.1) is 0 Å². The molecule has 6 nitrogen and oxygen atoms in total. The van der Waals surface area contributed by atoms with Crippen molar-refractivity contribution in [1.82, 2.24) is 4.98 Å². The lowest BCUT2D eigenvalue weighted by Gasteiger charge is -2.21. The summed E-state index contributed by atoms with van der Waals surface area (Å²) in [6.07, 6.45) is 3.75. The van der Waals surface area contributed by atoms with Crippen molar-refractivity contribution in [2.45, 2.75) is 30.8 Å². The van der Waals surface area contributed by atoms with E-state index in [1.807, 2.05) is 6.92 Å². The van der Waals surface area contributed by atoms with Crippen LogP contribution in [-0.2, 0) is 19.6 Å². The molecule has 0 spiro atoms. The van der Waals surface area contributed by atoms with Crippen LogP contribution in [0.15, 0.2) is 53.7 Å². The van der Waals surface area contributed by atoms with Gasteiger partial charge >= 0.3 is 0 Å². The van der Waals surface area contributed by atoms with Gasteiger partial charge in [-0.1, -0.05) is 13.0 Å². The van der Waals surface area contributed by atoms with Crippen LogP contribution in [0.5, 0.6) is 0 Å². The average Bonchev–Trinajstić information content (AvgIpc) is 2.87. The Morgan fingerprint density at radius 3 is 2.36 bits per heavy atom. The highest BCUT2D eigenvalue weighted by Gasteiger charge is 2.45. The number of Topliss-reactive ketones (excluding diaryl/α,β-unsaturated/α-hetero) is 1. The third-order valence-corrected chi connectivity index (χ3v) is 5.26. The van der Waals surface area contributed by atoms with E-state index in [-0.39, 0.29) is 10.7 Å². The molecule has 0 radical (unpaired) electrons. The Morgan fingerprint density at radius 2 is 1.84 bits per heavy atom. The molecule has 0 saturated carbocycles. The minimum Gasteiger partial charge on any atom is -0.478 e. The first-order valence-electron chi connectivity index (χ1n) is 7.78. The Labute approximate surface area is 146 Å². The molecule has 0 fully saturated rings. The summed E-state index contributed by atoms with van der Waals surface area (Å²) in [5.74, 6) is 0.303. The van der Waals surface area contributed by atoms with E-state index in [0.29, 0.717) is 28.9 Å². The molecule has 7 heteroatoms. The summed E-state index contributed by atoms with van der Waals surface area (Å²) in [6.45, 7) is 3.63. The third kappa shape index (κ3) is 3.08. The van der Waals surface area contributed by atoms with E-state index in [1.54, 1.807) is 43.6 Å². The van der Waals surface area contributed by atoms with Crippen molar-refractivity contribution in [3.8, 4) is 0 Å². The molecule has 3 rings (SSSR count). The predicted molar refractivity (Wildman–Crippen MR) is 93.7 cm³/mol. The number of hydrogen-bond donors (Lipinski definition) is 1. The van der Waals surface area contributed by atoms with Crippen LogP contribution in [0.2, 0.25) is 0 Å². The number of primary sulfonamides is 1. The molecule has 1 aromatic heterocycles. The van der Waals surface area contributed by atoms with Crippen LogP contribution in [0.25, 0.3) is 11.3 Å².